The molecule has 0 atom stereocenters. The molecule has 0 amide bonds. The lowest BCUT2D eigenvalue weighted by molar-refractivity contribution is 0.0652. The van der Waals surface area contributed by atoms with Crippen molar-refractivity contribution in [3.05, 3.63) is 35.6 Å². The average molecular weight is 259 g/mol. The summed E-state index contributed by atoms with van der Waals surface area (Å²) in [6.45, 7) is 4.07. The third-order valence-electron chi connectivity index (χ3n) is 3.09. The van der Waals surface area contributed by atoms with E-state index in [1.165, 1.54) is 6.07 Å². The summed E-state index contributed by atoms with van der Waals surface area (Å²) >= 11 is 0. The molecule has 0 saturated carbocycles. The first-order valence-corrected chi connectivity index (χ1v) is 5.97. The molecule has 19 heavy (non-hydrogen) atoms. The van der Waals surface area contributed by atoms with Crippen LogP contribution in [0.1, 0.15) is 30.0 Å². The fourth-order valence-electron chi connectivity index (χ4n) is 2.26. The van der Waals surface area contributed by atoms with Gasteiger partial charge in [0.1, 0.15) is 17.0 Å². The van der Waals surface area contributed by atoms with E-state index < -0.39 is 5.97 Å². The van der Waals surface area contributed by atoms with Crippen molar-refractivity contribution >= 4 is 5.97 Å². The SMILES string of the molecule is CC1(C)Cc2ccc(-c3cc(C(=O)O)on3)cc2O1. The summed E-state index contributed by atoms with van der Waals surface area (Å²) in [5, 5.41) is 12.6. The molecular formula is C14H13NO4. The topological polar surface area (TPSA) is 72.6 Å². The van der Waals surface area contributed by atoms with Gasteiger partial charge in [-0.2, -0.15) is 0 Å². The fraction of sp³-hybridized carbons (Fsp3) is 0.286. The van der Waals surface area contributed by atoms with Gasteiger partial charge in [0.2, 0.25) is 5.76 Å². The molecule has 1 aromatic carbocycles. The van der Waals surface area contributed by atoms with E-state index in [-0.39, 0.29) is 11.4 Å². The molecule has 0 unspecified atom stereocenters. The second-order valence-corrected chi connectivity index (χ2v) is 5.24. The first kappa shape index (κ1) is 11.8. The third kappa shape index (κ3) is 2.07. The van der Waals surface area contributed by atoms with Crippen LogP contribution in [0.3, 0.4) is 0 Å². The Labute approximate surface area is 109 Å². The highest BCUT2D eigenvalue weighted by molar-refractivity contribution is 5.85. The lowest BCUT2D eigenvalue weighted by atomic mass is 10.0. The lowest BCUT2D eigenvalue weighted by Gasteiger charge is -2.16. The summed E-state index contributed by atoms with van der Waals surface area (Å²) in [6.07, 6.45) is 0.863. The molecule has 0 saturated heterocycles. The van der Waals surface area contributed by atoms with E-state index in [1.807, 2.05) is 32.0 Å². The van der Waals surface area contributed by atoms with Gasteiger partial charge in [0.15, 0.2) is 0 Å². The van der Waals surface area contributed by atoms with Gasteiger partial charge in [0.05, 0.1) is 0 Å². The Bertz CT molecular complexity index is 657. The van der Waals surface area contributed by atoms with E-state index in [2.05, 4.69) is 5.16 Å². The predicted molar refractivity (Wildman–Crippen MR) is 67.3 cm³/mol. The number of carboxylic acids is 1. The number of rotatable bonds is 2. The van der Waals surface area contributed by atoms with E-state index in [0.717, 1.165) is 23.3 Å². The van der Waals surface area contributed by atoms with Crippen LogP contribution in [0.5, 0.6) is 5.75 Å². The zero-order valence-corrected chi connectivity index (χ0v) is 10.6. The minimum Gasteiger partial charge on any atom is -0.487 e. The quantitative estimate of drug-likeness (QED) is 0.897. The van der Waals surface area contributed by atoms with Gasteiger partial charge in [-0.1, -0.05) is 17.3 Å². The summed E-state index contributed by atoms with van der Waals surface area (Å²) in [5.74, 6) is -0.476. The minimum atomic E-state index is -1.13. The number of aromatic carboxylic acids is 1. The molecule has 3 rings (SSSR count). The van der Waals surface area contributed by atoms with Crippen molar-refractivity contribution in [2.45, 2.75) is 25.9 Å². The fourth-order valence-corrected chi connectivity index (χ4v) is 2.26. The number of nitrogens with zero attached hydrogens (tertiary/aromatic N) is 1. The molecule has 5 nitrogen and oxygen atoms in total. The standard InChI is InChI=1S/C14H13NO4/c1-14(2)7-9-4-3-8(5-11(9)18-14)10-6-12(13(16)17)19-15-10/h3-6H,7H2,1-2H3,(H,16,17). The average Bonchev–Trinajstić information content (AvgIpc) is 2.89. The van der Waals surface area contributed by atoms with Gasteiger partial charge in [-0.3, -0.25) is 0 Å². The van der Waals surface area contributed by atoms with Gasteiger partial charge in [-0.05, 0) is 25.5 Å². The summed E-state index contributed by atoms with van der Waals surface area (Å²) in [6, 6.07) is 7.15. The first-order chi connectivity index (χ1) is 8.94. The van der Waals surface area contributed by atoms with Gasteiger partial charge in [-0.25, -0.2) is 4.79 Å². The first-order valence-electron chi connectivity index (χ1n) is 5.97. The Kier molecular flexibility index (Phi) is 2.38. The van der Waals surface area contributed by atoms with Crippen molar-refractivity contribution in [2.24, 2.45) is 0 Å². The normalized spacial score (nSPS) is 15.9. The molecule has 0 radical (unpaired) electrons. The number of carbonyl (C=O) groups is 1. The molecule has 2 heterocycles. The molecule has 0 fully saturated rings. The molecule has 98 valence electrons. The highest BCUT2D eigenvalue weighted by atomic mass is 16.5. The summed E-state index contributed by atoms with van der Waals surface area (Å²) in [5.41, 5.74) is 2.23. The Morgan fingerprint density at radius 3 is 2.84 bits per heavy atom. The van der Waals surface area contributed by atoms with E-state index >= 15 is 0 Å². The Balaban J connectivity index is 1.97. The van der Waals surface area contributed by atoms with Crippen LogP contribution in [0.25, 0.3) is 11.3 Å². The van der Waals surface area contributed by atoms with E-state index in [4.69, 9.17) is 14.4 Å². The van der Waals surface area contributed by atoms with Crippen molar-refractivity contribution in [3.8, 4) is 17.0 Å². The number of benzene rings is 1. The maximum absolute atomic E-state index is 10.8. The molecule has 1 aromatic heterocycles. The summed E-state index contributed by atoms with van der Waals surface area (Å²) < 4.78 is 10.6. The monoisotopic (exact) mass is 259 g/mol. The second-order valence-electron chi connectivity index (χ2n) is 5.24. The van der Waals surface area contributed by atoms with Crippen LogP contribution in [-0.4, -0.2) is 21.8 Å². The van der Waals surface area contributed by atoms with Crippen LogP contribution in [0, 0.1) is 0 Å². The third-order valence-corrected chi connectivity index (χ3v) is 3.09. The second kappa shape index (κ2) is 3.85. The zero-order valence-electron chi connectivity index (χ0n) is 10.6. The number of carboxylic acid groups (broad SMARTS) is 1. The number of hydrogen-bond acceptors (Lipinski definition) is 4. The molecule has 0 aliphatic carbocycles. The van der Waals surface area contributed by atoms with Crippen LogP contribution < -0.4 is 4.74 Å². The zero-order chi connectivity index (χ0) is 13.6. The van der Waals surface area contributed by atoms with Gasteiger partial charge in [-0.15, -0.1) is 0 Å². The molecule has 1 aliphatic rings. The maximum Gasteiger partial charge on any atom is 0.374 e. The largest absolute Gasteiger partial charge is 0.487 e. The number of aromatic nitrogens is 1. The minimum absolute atomic E-state index is 0.170. The Morgan fingerprint density at radius 1 is 1.37 bits per heavy atom. The van der Waals surface area contributed by atoms with Crippen LogP contribution in [0.4, 0.5) is 0 Å². The van der Waals surface area contributed by atoms with Gasteiger partial charge in [0, 0.05) is 18.1 Å². The molecule has 2 aromatic rings. The summed E-state index contributed by atoms with van der Waals surface area (Å²) in [4.78, 5) is 10.8. The van der Waals surface area contributed by atoms with Crippen molar-refractivity contribution in [3.63, 3.8) is 0 Å². The lowest BCUT2D eigenvalue weighted by Crippen LogP contribution is -2.24. The van der Waals surface area contributed by atoms with Crippen LogP contribution >= 0.6 is 0 Å². The smallest absolute Gasteiger partial charge is 0.374 e. The Hall–Kier alpha value is -2.30. The molecule has 0 bridgehead atoms. The molecule has 5 heteroatoms. The van der Waals surface area contributed by atoms with E-state index in [9.17, 15) is 4.79 Å². The van der Waals surface area contributed by atoms with Gasteiger partial charge in [0.25, 0.3) is 0 Å². The van der Waals surface area contributed by atoms with Crippen molar-refractivity contribution < 1.29 is 19.2 Å². The van der Waals surface area contributed by atoms with Crippen molar-refractivity contribution in [1.29, 1.82) is 0 Å². The molecule has 1 N–H and O–H groups in total. The summed E-state index contributed by atoms with van der Waals surface area (Å²) in [7, 11) is 0. The van der Waals surface area contributed by atoms with Crippen molar-refractivity contribution in [1.82, 2.24) is 5.16 Å². The van der Waals surface area contributed by atoms with E-state index in [0.29, 0.717) is 5.69 Å². The highest BCUT2D eigenvalue weighted by Gasteiger charge is 2.30. The van der Waals surface area contributed by atoms with Crippen LogP contribution in [-0.2, 0) is 6.42 Å². The molecule has 1 aliphatic heterocycles. The molecular weight excluding hydrogens is 246 g/mol. The number of hydrogen-bond donors (Lipinski definition) is 1. The van der Waals surface area contributed by atoms with Crippen LogP contribution in [0.2, 0.25) is 0 Å². The van der Waals surface area contributed by atoms with Gasteiger partial charge < -0.3 is 14.4 Å². The maximum atomic E-state index is 10.8. The molecule has 0 spiro atoms. The number of fused-ring (bicyclic) bond motifs is 1. The van der Waals surface area contributed by atoms with Gasteiger partial charge >= 0.3 is 5.97 Å². The van der Waals surface area contributed by atoms with E-state index in [1.54, 1.807) is 0 Å². The van der Waals surface area contributed by atoms with Crippen LogP contribution in [0.15, 0.2) is 28.8 Å². The number of ether oxygens (including phenoxy) is 1. The van der Waals surface area contributed by atoms with Crippen molar-refractivity contribution in [2.75, 3.05) is 0 Å². The highest BCUT2D eigenvalue weighted by Crippen LogP contribution is 2.37. The predicted octanol–water partition coefficient (Wildman–Crippen LogP) is 2.75. The Morgan fingerprint density at radius 2 is 2.16 bits per heavy atom.